The summed E-state index contributed by atoms with van der Waals surface area (Å²) in [4.78, 5) is 4.42. The van der Waals surface area contributed by atoms with Gasteiger partial charge in [-0.25, -0.2) is 9.50 Å². The molecule has 0 atom stereocenters. The van der Waals surface area contributed by atoms with Gasteiger partial charge in [0.15, 0.2) is 5.65 Å². The molecule has 0 aliphatic carbocycles. The molecule has 0 radical (unpaired) electrons. The van der Waals surface area contributed by atoms with Crippen LogP contribution in [-0.2, 0) is 0 Å². The standard InChI is InChI=1S/C13H10N4/c1-8-12(7-14)10-5-3-4-6-11(10)13-15-9(2)16-17(8)13/h3-6H,1-2H3. The topological polar surface area (TPSA) is 54.0 Å². The van der Waals surface area contributed by atoms with Crippen molar-refractivity contribution in [2.24, 2.45) is 0 Å². The van der Waals surface area contributed by atoms with Crippen LogP contribution in [-0.4, -0.2) is 14.6 Å². The number of aryl methyl sites for hydroxylation is 2. The first kappa shape index (κ1) is 9.79. The monoisotopic (exact) mass is 222 g/mol. The van der Waals surface area contributed by atoms with Gasteiger partial charge < -0.3 is 0 Å². The van der Waals surface area contributed by atoms with Crippen LogP contribution in [0.5, 0.6) is 0 Å². The molecule has 0 bridgehead atoms. The summed E-state index contributed by atoms with van der Waals surface area (Å²) in [6.45, 7) is 3.75. The van der Waals surface area contributed by atoms with Crippen LogP contribution in [0.2, 0.25) is 0 Å². The third kappa shape index (κ3) is 1.23. The van der Waals surface area contributed by atoms with E-state index in [0.717, 1.165) is 22.1 Å². The molecule has 0 saturated heterocycles. The van der Waals surface area contributed by atoms with E-state index in [9.17, 15) is 5.26 Å². The Hall–Kier alpha value is -2.41. The molecule has 3 aromatic rings. The summed E-state index contributed by atoms with van der Waals surface area (Å²) < 4.78 is 1.75. The van der Waals surface area contributed by atoms with Crippen LogP contribution in [0.3, 0.4) is 0 Å². The molecule has 1 aromatic carbocycles. The molecule has 0 aliphatic heterocycles. The number of nitriles is 1. The van der Waals surface area contributed by atoms with E-state index in [1.54, 1.807) is 4.52 Å². The maximum atomic E-state index is 9.27. The maximum absolute atomic E-state index is 9.27. The van der Waals surface area contributed by atoms with Gasteiger partial charge in [0.05, 0.1) is 11.3 Å². The Morgan fingerprint density at radius 1 is 1.18 bits per heavy atom. The van der Waals surface area contributed by atoms with Crippen molar-refractivity contribution >= 4 is 16.4 Å². The first-order chi connectivity index (χ1) is 8.22. The number of hydrogen-bond acceptors (Lipinski definition) is 3. The smallest absolute Gasteiger partial charge is 0.163 e. The number of nitrogens with zero attached hydrogens (tertiary/aromatic N) is 4. The van der Waals surface area contributed by atoms with Crippen LogP contribution in [0, 0.1) is 25.2 Å². The van der Waals surface area contributed by atoms with Gasteiger partial charge in [-0.1, -0.05) is 24.3 Å². The van der Waals surface area contributed by atoms with Gasteiger partial charge in [-0.2, -0.15) is 10.4 Å². The van der Waals surface area contributed by atoms with Crippen molar-refractivity contribution < 1.29 is 0 Å². The highest BCUT2D eigenvalue weighted by Crippen LogP contribution is 2.25. The van der Waals surface area contributed by atoms with Crippen LogP contribution < -0.4 is 0 Å². The number of aromatic nitrogens is 3. The zero-order chi connectivity index (χ0) is 12.0. The molecule has 0 fully saturated rings. The predicted molar refractivity (Wildman–Crippen MR) is 64.7 cm³/mol. The Kier molecular flexibility index (Phi) is 1.89. The minimum Gasteiger partial charge on any atom is -0.216 e. The van der Waals surface area contributed by atoms with Crippen LogP contribution in [0.25, 0.3) is 16.4 Å². The first-order valence-electron chi connectivity index (χ1n) is 5.37. The fourth-order valence-corrected chi connectivity index (χ4v) is 2.16. The lowest BCUT2D eigenvalue weighted by molar-refractivity contribution is 0.893. The van der Waals surface area contributed by atoms with Crippen LogP contribution >= 0.6 is 0 Å². The number of hydrogen-bond donors (Lipinski definition) is 0. The van der Waals surface area contributed by atoms with Gasteiger partial charge in [-0.15, -0.1) is 0 Å². The molecule has 0 amide bonds. The lowest BCUT2D eigenvalue weighted by Gasteiger charge is -2.06. The molecule has 2 heterocycles. The van der Waals surface area contributed by atoms with E-state index < -0.39 is 0 Å². The number of rotatable bonds is 0. The highest BCUT2D eigenvalue weighted by atomic mass is 15.3. The normalized spacial score (nSPS) is 10.9. The molecule has 0 saturated carbocycles. The van der Waals surface area contributed by atoms with Crippen molar-refractivity contribution in [2.45, 2.75) is 13.8 Å². The Labute approximate surface area is 98.1 Å². The van der Waals surface area contributed by atoms with Gasteiger partial charge in [0.25, 0.3) is 0 Å². The highest BCUT2D eigenvalue weighted by Gasteiger charge is 2.13. The summed E-state index contributed by atoms with van der Waals surface area (Å²) in [5, 5.41) is 15.5. The molecule has 3 rings (SSSR count). The minimum atomic E-state index is 0.665. The van der Waals surface area contributed by atoms with E-state index in [1.807, 2.05) is 38.1 Å². The Balaban J connectivity index is 2.69. The number of pyridine rings is 1. The average molecular weight is 222 g/mol. The summed E-state index contributed by atoms with van der Waals surface area (Å²) in [5.74, 6) is 0.716. The SMILES string of the molecule is Cc1nc2c3ccccc3c(C#N)c(C)n2n1. The van der Waals surface area contributed by atoms with E-state index in [1.165, 1.54) is 0 Å². The minimum absolute atomic E-state index is 0.665. The molecule has 0 aliphatic rings. The fraction of sp³-hybridized carbons (Fsp3) is 0.154. The van der Waals surface area contributed by atoms with Crippen molar-refractivity contribution in [3.05, 3.63) is 41.3 Å². The molecule has 0 unspecified atom stereocenters. The van der Waals surface area contributed by atoms with Gasteiger partial charge in [-0.05, 0) is 13.8 Å². The van der Waals surface area contributed by atoms with E-state index in [4.69, 9.17) is 0 Å². The Morgan fingerprint density at radius 3 is 2.59 bits per heavy atom. The van der Waals surface area contributed by atoms with Gasteiger partial charge in [-0.3, -0.25) is 0 Å². The van der Waals surface area contributed by atoms with Gasteiger partial charge in [0.1, 0.15) is 11.9 Å². The van der Waals surface area contributed by atoms with Crippen molar-refractivity contribution in [3.8, 4) is 6.07 Å². The van der Waals surface area contributed by atoms with Crippen molar-refractivity contribution in [3.63, 3.8) is 0 Å². The number of benzene rings is 1. The fourth-order valence-electron chi connectivity index (χ4n) is 2.16. The van der Waals surface area contributed by atoms with Crippen molar-refractivity contribution in [2.75, 3.05) is 0 Å². The summed E-state index contributed by atoms with van der Waals surface area (Å²) in [6, 6.07) is 10.1. The number of fused-ring (bicyclic) bond motifs is 3. The third-order valence-corrected chi connectivity index (χ3v) is 2.94. The summed E-state index contributed by atoms with van der Waals surface area (Å²) >= 11 is 0. The zero-order valence-electron chi connectivity index (χ0n) is 9.60. The third-order valence-electron chi connectivity index (χ3n) is 2.94. The molecular formula is C13H10N4. The molecule has 2 aromatic heterocycles. The Morgan fingerprint density at radius 2 is 1.88 bits per heavy atom. The maximum Gasteiger partial charge on any atom is 0.163 e. The lowest BCUT2D eigenvalue weighted by atomic mass is 10.1. The second-order valence-electron chi connectivity index (χ2n) is 4.01. The molecule has 4 nitrogen and oxygen atoms in total. The van der Waals surface area contributed by atoms with Crippen LogP contribution in [0.15, 0.2) is 24.3 Å². The highest BCUT2D eigenvalue weighted by molar-refractivity contribution is 5.97. The van der Waals surface area contributed by atoms with Crippen LogP contribution in [0.1, 0.15) is 17.1 Å². The zero-order valence-corrected chi connectivity index (χ0v) is 9.60. The second-order valence-corrected chi connectivity index (χ2v) is 4.01. The average Bonchev–Trinajstić information content (AvgIpc) is 2.72. The quantitative estimate of drug-likeness (QED) is 0.586. The van der Waals surface area contributed by atoms with Gasteiger partial charge in [0.2, 0.25) is 0 Å². The summed E-state index contributed by atoms with van der Waals surface area (Å²) in [5.41, 5.74) is 2.31. The van der Waals surface area contributed by atoms with E-state index in [2.05, 4.69) is 16.2 Å². The van der Waals surface area contributed by atoms with Crippen LogP contribution in [0.4, 0.5) is 0 Å². The molecule has 4 heteroatoms. The molecule has 82 valence electrons. The lowest BCUT2D eigenvalue weighted by Crippen LogP contribution is -1.99. The first-order valence-corrected chi connectivity index (χ1v) is 5.37. The van der Waals surface area contributed by atoms with Gasteiger partial charge >= 0.3 is 0 Å². The van der Waals surface area contributed by atoms with E-state index >= 15 is 0 Å². The predicted octanol–water partition coefficient (Wildman–Crippen LogP) is 2.37. The van der Waals surface area contributed by atoms with Crippen molar-refractivity contribution in [1.82, 2.24) is 14.6 Å². The van der Waals surface area contributed by atoms with E-state index in [-0.39, 0.29) is 0 Å². The Bertz CT molecular complexity index is 777. The molecule has 17 heavy (non-hydrogen) atoms. The summed E-state index contributed by atoms with van der Waals surface area (Å²) in [7, 11) is 0. The molecular weight excluding hydrogens is 212 g/mol. The summed E-state index contributed by atoms with van der Waals surface area (Å²) in [6.07, 6.45) is 0. The molecule has 0 spiro atoms. The van der Waals surface area contributed by atoms with E-state index in [0.29, 0.717) is 11.4 Å². The van der Waals surface area contributed by atoms with Gasteiger partial charge in [0, 0.05) is 10.8 Å². The molecule has 0 N–H and O–H groups in total. The van der Waals surface area contributed by atoms with Crippen molar-refractivity contribution in [1.29, 1.82) is 5.26 Å². The second kappa shape index (κ2) is 3.29. The largest absolute Gasteiger partial charge is 0.216 e.